The zero-order valence-electron chi connectivity index (χ0n) is 8.79. The fourth-order valence-corrected chi connectivity index (χ4v) is 3.47. The highest BCUT2D eigenvalue weighted by molar-refractivity contribution is 9.11. The number of aryl methyl sites for hydroxylation is 1. The van der Waals surface area contributed by atoms with E-state index in [0.29, 0.717) is 0 Å². The van der Waals surface area contributed by atoms with E-state index >= 15 is 0 Å². The largest absolute Gasteiger partial charge is 0.333 e. The molecule has 82 valence electrons. The van der Waals surface area contributed by atoms with Gasteiger partial charge in [0.2, 0.25) is 5.91 Å². The molecule has 1 aliphatic heterocycles. The molecule has 0 unspecified atom stereocenters. The van der Waals surface area contributed by atoms with Crippen LogP contribution in [0.3, 0.4) is 0 Å². The number of amides is 1. The van der Waals surface area contributed by atoms with Crippen LogP contribution in [0.1, 0.15) is 36.5 Å². The van der Waals surface area contributed by atoms with Gasteiger partial charge in [-0.15, -0.1) is 11.3 Å². The highest BCUT2D eigenvalue weighted by Gasteiger charge is 2.30. The Morgan fingerprint density at radius 2 is 2.40 bits per heavy atom. The van der Waals surface area contributed by atoms with E-state index < -0.39 is 0 Å². The molecule has 0 radical (unpaired) electrons. The normalized spacial score (nSPS) is 21.0. The van der Waals surface area contributed by atoms with Crippen LogP contribution < -0.4 is 0 Å². The van der Waals surface area contributed by atoms with Crippen LogP contribution in [0.5, 0.6) is 0 Å². The Bertz CT molecular complexity index is 371. The quantitative estimate of drug-likeness (QED) is 0.796. The lowest BCUT2D eigenvalue weighted by Gasteiger charge is -2.20. The highest BCUT2D eigenvalue weighted by atomic mass is 79.9. The molecule has 1 fully saturated rings. The third-order valence-electron chi connectivity index (χ3n) is 2.70. The maximum Gasteiger partial charge on any atom is 0.220 e. The Morgan fingerprint density at radius 3 is 2.93 bits per heavy atom. The molecule has 0 bridgehead atoms. The number of aromatic nitrogens is 1. The van der Waals surface area contributed by atoms with Crippen LogP contribution >= 0.6 is 27.3 Å². The summed E-state index contributed by atoms with van der Waals surface area (Å²) >= 11 is 5.12. The molecule has 2 rings (SSSR count). The van der Waals surface area contributed by atoms with Crippen LogP contribution in [-0.2, 0) is 4.79 Å². The molecule has 1 saturated heterocycles. The second-order valence-corrected chi connectivity index (χ2v) is 6.13. The van der Waals surface area contributed by atoms with Gasteiger partial charge in [-0.1, -0.05) is 0 Å². The number of hydrogen-bond acceptors (Lipinski definition) is 3. The zero-order valence-corrected chi connectivity index (χ0v) is 11.2. The molecule has 1 aromatic rings. The maximum absolute atomic E-state index is 11.4. The summed E-state index contributed by atoms with van der Waals surface area (Å²) in [5.41, 5.74) is 1.02. The standard InChI is InChI=1S/C10H13BrN2OS/c1-6-9(11)15-10(12-6)8-4-3-5-13(8)7(2)14/h8H,3-5H2,1-2H3/t8-/m0/s1. The number of thiazole rings is 1. The zero-order chi connectivity index (χ0) is 11.0. The van der Waals surface area contributed by atoms with Gasteiger partial charge in [0.15, 0.2) is 0 Å². The van der Waals surface area contributed by atoms with Gasteiger partial charge in [0.25, 0.3) is 0 Å². The molecular weight excluding hydrogens is 276 g/mol. The highest BCUT2D eigenvalue weighted by Crippen LogP contribution is 2.36. The lowest BCUT2D eigenvalue weighted by Crippen LogP contribution is -2.27. The van der Waals surface area contributed by atoms with Crippen molar-refractivity contribution in [3.8, 4) is 0 Å². The molecule has 0 aromatic carbocycles. The van der Waals surface area contributed by atoms with Crippen molar-refractivity contribution in [1.29, 1.82) is 0 Å². The van der Waals surface area contributed by atoms with Crippen LogP contribution in [-0.4, -0.2) is 22.3 Å². The Kier molecular flexibility index (Phi) is 3.11. The predicted molar refractivity (Wildman–Crippen MR) is 63.9 cm³/mol. The van der Waals surface area contributed by atoms with E-state index in [1.54, 1.807) is 18.3 Å². The Balaban J connectivity index is 2.26. The summed E-state index contributed by atoms with van der Waals surface area (Å²) in [5, 5.41) is 1.06. The van der Waals surface area contributed by atoms with Crippen molar-refractivity contribution in [2.45, 2.75) is 32.7 Å². The lowest BCUT2D eigenvalue weighted by molar-refractivity contribution is -0.129. The summed E-state index contributed by atoms with van der Waals surface area (Å²) in [6.07, 6.45) is 2.12. The van der Waals surface area contributed by atoms with Crippen LogP contribution in [0.25, 0.3) is 0 Å². The number of likely N-dealkylation sites (tertiary alicyclic amines) is 1. The lowest BCUT2D eigenvalue weighted by atomic mass is 10.2. The van der Waals surface area contributed by atoms with Gasteiger partial charge in [-0.05, 0) is 35.7 Å². The predicted octanol–water partition coefficient (Wildman–Crippen LogP) is 2.90. The number of carbonyl (C=O) groups excluding carboxylic acids is 1. The maximum atomic E-state index is 11.4. The summed E-state index contributed by atoms with van der Waals surface area (Å²) in [5.74, 6) is 0.154. The third-order valence-corrected chi connectivity index (χ3v) is 4.81. The average Bonchev–Trinajstić information content (AvgIpc) is 2.73. The summed E-state index contributed by atoms with van der Waals surface area (Å²) < 4.78 is 1.08. The first-order valence-electron chi connectivity index (χ1n) is 4.99. The minimum atomic E-state index is 0.154. The van der Waals surface area contributed by atoms with Crippen LogP contribution in [0.2, 0.25) is 0 Å². The van der Waals surface area contributed by atoms with Crippen molar-refractivity contribution < 1.29 is 4.79 Å². The van der Waals surface area contributed by atoms with Crippen molar-refractivity contribution >= 4 is 33.2 Å². The minimum absolute atomic E-state index is 0.154. The van der Waals surface area contributed by atoms with E-state index in [1.807, 2.05) is 11.8 Å². The number of carbonyl (C=O) groups is 1. The van der Waals surface area contributed by atoms with E-state index in [0.717, 1.165) is 33.9 Å². The minimum Gasteiger partial charge on any atom is -0.333 e. The van der Waals surface area contributed by atoms with Crippen molar-refractivity contribution in [3.05, 3.63) is 14.5 Å². The molecule has 2 heterocycles. The smallest absolute Gasteiger partial charge is 0.220 e. The molecular formula is C10H13BrN2OS. The van der Waals surface area contributed by atoms with Crippen molar-refractivity contribution in [3.63, 3.8) is 0 Å². The van der Waals surface area contributed by atoms with E-state index in [1.165, 1.54) is 0 Å². The Labute approximate surface area is 102 Å². The van der Waals surface area contributed by atoms with Crippen molar-refractivity contribution in [2.24, 2.45) is 0 Å². The SMILES string of the molecule is CC(=O)N1CCC[C@H]1c1nc(C)c(Br)s1. The van der Waals surface area contributed by atoms with E-state index in [4.69, 9.17) is 0 Å². The molecule has 3 nitrogen and oxygen atoms in total. The van der Waals surface area contributed by atoms with Crippen LogP contribution in [0.15, 0.2) is 3.79 Å². The molecule has 0 aliphatic carbocycles. The van der Waals surface area contributed by atoms with Crippen molar-refractivity contribution in [1.82, 2.24) is 9.88 Å². The molecule has 1 amide bonds. The number of hydrogen-bond donors (Lipinski definition) is 0. The van der Waals surface area contributed by atoms with E-state index in [2.05, 4.69) is 20.9 Å². The molecule has 0 saturated carbocycles. The van der Waals surface area contributed by atoms with Gasteiger partial charge in [0, 0.05) is 13.5 Å². The van der Waals surface area contributed by atoms with Gasteiger partial charge in [-0.2, -0.15) is 0 Å². The summed E-state index contributed by atoms with van der Waals surface area (Å²) in [6.45, 7) is 4.49. The Morgan fingerprint density at radius 1 is 1.67 bits per heavy atom. The summed E-state index contributed by atoms with van der Waals surface area (Å²) in [4.78, 5) is 17.8. The van der Waals surface area contributed by atoms with Gasteiger partial charge >= 0.3 is 0 Å². The molecule has 0 spiro atoms. The number of nitrogens with zero attached hydrogens (tertiary/aromatic N) is 2. The second-order valence-electron chi connectivity index (χ2n) is 3.78. The second kappa shape index (κ2) is 4.22. The molecule has 1 aromatic heterocycles. The third kappa shape index (κ3) is 2.08. The van der Waals surface area contributed by atoms with Gasteiger partial charge in [-0.3, -0.25) is 4.79 Å². The van der Waals surface area contributed by atoms with Crippen LogP contribution in [0, 0.1) is 6.92 Å². The molecule has 5 heteroatoms. The first-order valence-corrected chi connectivity index (χ1v) is 6.60. The number of rotatable bonds is 1. The first kappa shape index (κ1) is 11.1. The molecule has 15 heavy (non-hydrogen) atoms. The van der Waals surface area contributed by atoms with E-state index in [9.17, 15) is 4.79 Å². The number of halogens is 1. The molecule has 1 atom stereocenters. The fourth-order valence-electron chi connectivity index (χ4n) is 1.94. The molecule has 0 N–H and O–H groups in total. The first-order chi connectivity index (χ1) is 7.09. The Hall–Kier alpha value is -0.420. The monoisotopic (exact) mass is 288 g/mol. The van der Waals surface area contributed by atoms with Gasteiger partial charge < -0.3 is 4.90 Å². The summed E-state index contributed by atoms with van der Waals surface area (Å²) in [7, 11) is 0. The van der Waals surface area contributed by atoms with Gasteiger partial charge in [0.05, 0.1) is 15.5 Å². The fraction of sp³-hybridized carbons (Fsp3) is 0.600. The average molecular weight is 289 g/mol. The van der Waals surface area contributed by atoms with Gasteiger partial charge in [0.1, 0.15) is 5.01 Å². The molecule has 1 aliphatic rings. The van der Waals surface area contributed by atoms with Crippen LogP contribution in [0.4, 0.5) is 0 Å². The van der Waals surface area contributed by atoms with Crippen molar-refractivity contribution in [2.75, 3.05) is 6.54 Å². The van der Waals surface area contributed by atoms with Gasteiger partial charge in [-0.25, -0.2) is 4.98 Å². The van der Waals surface area contributed by atoms with E-state index in [-0.39, 0.29) is 11.9 Å². The topological polar surface area (TPSA) is 33.2 Å². The summed E-state index contributed by atoms with van der Waals surface area (Å²) in [6, 6.07) is 0.206.